The van der Waals surface area contributed by atoms with E-state index in [0.717, 1.165) is 13.0 Å². The van der Waals surface area contributed by atoms with Crippen molar-refractivity contribution in [3.63, 3.8) is 0 Å². The Labute approximate surface area is 107 Å². The summed E-state index contributed by atoms with van der Waals surface area (Å²) in [4.78, 5) is 3.86. The van der Waals surface area contributed by atoms with E-state index in [-0.39, 0.29) is 11.9 Å². The van der Waals surface area contributed by atoms with Crippen molar-refractivity contribution in [2.24, 2.45) is 0 Å². The molecule has 0 saturated heterocycles. The van der Waals surface area contributed by atoms with E-state index in [1.807, 2.05) is 19.9 Å². The molecular weight excluding hydrogens is 228 g/mol. The van der Waals surface area contributed by atoms with Crippen molar-refractivity contribution < 1.29 is 0 Å². The molecule has 2 atom stereocenters. The Morgan fingerprint density at radius 2 is 2.28 bits per heavy atom. The molecule has 0 aliphatic rings. The minimum Gasteiger partial charge on any atom is -0.300 e. The summed E-state index contributed by atoms with van der Waals surface area (Å²) >= 11 is 0. The molecule has 96 valence electrons. The Morgan fingerprint density at radius 3 is 2.78 bits per heavy atom. The van der Waals surface area contributed by atoms with E-state index in [1.54, 1.807) is 4.68 Å². The molecule has 6 heteroatoms. The van der Waals surface area contributed by atoms with Crippen LogP contribution in [-0.4, -0.2) is 26.8 Å². The van der Waals surface area contributed by atoms with Gasteiger partial charge < -0.3 is 0 Å². The molecule has 18 heavy (non-hydrogen) atoms. The predicted octanol–water partition coefficient (Wildman–Crippen LogP) is 1.38. The zero-order valence-electron chi connectivity index (χ0n) is 11.0. The lowest BCUT2D eigenvalue weighted by Crippen LogP contribution is -2.43. The zero-order valence-corrected chi connectivity index (χ0v) is 11.0. The van der Waals surface area contributed by atoms with E-state index < -0.39 is 5.54 Å². The van der Waals surface area contributed by atoms with E-state index in [2.05, 4.69) is 28.4 Å². The smallest absolute Gasteiger partial charge is 0.252 e. The molecule has 0 spiro atoms. The number of nitriles is 2. The summed E-state index contributed by atoms with van der Waals surface area (Å²) in [6.07, 6.45) is 3.12. The molecule has 2 unspecified atom stereocenters. The molecule has 0 amide bonds. The number of nitrogens with zero attached hydrogens (tertiary/aromatic N) is 5. The van der Waals surface area contributed by atoms with E-state index in [4.69, 9.17) is 5.26 Å². The Balaban J connectivity index is 2.70. The normalized spacial score (nSPS) is 15.4. The van der Waals surface area contributed by atoms with Crippen LogP contribution < -0.4 is 5.32 Å². The number of hydrogen-bond acceptors (Lipinski definition) is 5. The number of nitrogens with one attached hydrogen (secondary N) is 1. The lowest BCUT2D eigenvalue weighted by atomic mass is 9.95. The van der Waals surface area contributed by atoms with Crippen molar-refractivity contribution in [1.82, 2.24) is 20.1 Å². The van der Waals surface area contributed by atoms with Gasteiger partial charge in [-0.2, -0.15) is 10.5 Å². The highest BCUT2D eigenvalue weighted by Crippen LogP contribution is 2.19. The van der Waals surface area contributed by atoms with E-state index >= 15 is 0 Å². The molecule has 1 rings (SSSR count). The van der Waals surface area contributed by atoms with Crippen LogP contribution in [0.1, 0.15) is 45.5 Å². The Hall–Kier alpha value is -1.92. The topological polar surface area (TPSA) is 90.3 Å². The van der Waals surface area contributed by atoms with Gasteiger partial charge in [-0.1, -0.05) is 6.92 Å². The monoisotopic (exact) mass is 246 g/mol. The van der Waals surface area contributed by atoms with Gasteiger partial charge in [0.05, 0.1) is 12.1 Å². The molecule has 1 aromatic heterocycles. The van der Waals surface area contributed by atoms with Gasteiger partial charge in [0.1, 0.15) is 17.9 Å². The molecular formula is C12H18N6. The summed E-state index contributed by atoms with van der Waals surface area (Å²) in [7, 11) is 0. The lowest BCUT2D eigenvalue weighted by molar-refractivity contribution is 0.332. The minimum atomic E-state index is -0.589. The third-order valence-electron chi connectivity index (χ3n) is 2.78. The Bertz CT molecular complexity index is 466. The van der Waals surface area contributed by atoms with E-state index in [0.29, 0.717) is 6.42 Å². The molecule has 0 aliphatic carbocycles. The first-order valence-electron chi connectivity index (χ1n) is 6.02. The molecule has 6 nitrogen and oxygen atoms in total. The quantitative estimate of drug-likeness (QED) is 0.819. The summed E-state index contributed by atoms with van der Waals surface area (Å²) in [5, 5.41) is 25.2. The molecule has 1 aromatic rings. The first kappa shape index (κ1) is 14.1. The summed E-state index contributed by atoms with van der Waals surface area (Å²) < 4.78 is 1.63. The highest BCUT2D eigenvalue weighted by atomic mass is 15.3. The van der Waals surface area contributed by atoms with Crippen LogP contribution >= 0.6 is 0 Å². The first-order valence-corrected chi connectivity index (χ1v) is 6.02. The molecule has 0 bridgehead atoms. The highest BCUT2D eigenvalue weighted by molar-refractivity contribution is 5.07. The Morgan fingerprint density at radius 1 is 1.56 bits per heavy atom. The van der Waals surface area contributed by atoms with Crippen molar-refractivity contribution in [3.8, 4) is 12.1 Å². The summed E-state index contributed by atoms with van der Waals surface area (Å²) in [5.41, 5.74) is -0.589. The minimum absolute atomic E-state index is 0.00797. The van der Waals surface area contributed by atoms with Crippen LogP contribution in [0.25, 0.3) is 0 Å². The van der Waals surface area contributed by atoms with Crippen LogP contribution in [0.2, 0.25) is 0 Å². The van der Waals surface area contributed by atoms with Crippen LogP contribution in [0, 0.1) is 22.7 Å². The first-order chi connectivity index (χ1) is 8.54. The average Bonchev–Trinajstić information content (AvgIpc) is 2.85. The molecule has 0 saturated carbocycles. The van der Waals surface area contributed by atoms with Crippen LogP contribution in [-0.2, 0) is 0 Å². The van der Waals surface area contributed by atoms with Crippen LogP contribution in [0.4, 0.5) is 0 Å². The van der Waals surface area contributed by atoms with Gasteiger partial charge in [0.2, 0.25) is 0 Å². The number of rotatable bonds is 6. The second kappa shape index (κ2) is 6.13. The largest absolute Gasteiger partial charge is 0.300 e. The van der Waals surface area contributed by atoms with Crippen LogP contribution in [0.15, 0.2) is 6.33 Å². The van der Waals surface area contributed by atoms with Gasteiger partial charge in [0.25, 0.3) is 5.82 Å². The SMILES string of the molecule is CCCNC(C)(C#N)CC(C)n1cnc(C#N)n1. The summed E-state index contributed by atoms with van der Waals surface area (Å²) in [5.74, 6) is 0.155. The van der Waals surface area contributed by atoms with Crippen molar-refractivity contribution in [3.05, 3.63) is 12.2 Å². The average molecular weight is 246 g/mol. The van der Waals surface area contributed by atoms with Gasteiger partial charge in [-0.05, 0) is 26.8 Å². The summed E-state index contributed by atoms with van der Waals surface area (Å²) in [6, 6.07) is 4.19. The maximum absolute atomic E-state index is 9.25. The van der Waals surface area contributed by atoms with Crippen LogP contribution in [0.3, 0.4) is 0 Å². The lowest BCUT2D eigenvalue weighted by Gasteiger charge is -2.26. The highest BCUT2D eigenvalue weighted by Gasteiger charge is 2.26. The van der Waals surface area contributed by atoms with Crippen molar-refractivity contribution >= 4 is 0 Å². The van der Waals surface area contributed by atoms with Crippen molar-refractivity contribution in [2.75, 3.05) is 6.54 Å². The third kappa shape index (κ3) is 3.54. The second-order valence-electron chi connectivity index (χ2n) is 4.58. The van der Waals surface area contributed by atoms with Gasteiger partial charge in [-0.3, -0.25) is 5.32 Å². The standard InChI is InChI=1S/C12H18N6/c1-4-5-16-12(3,8-14)6-10(2)18-9-15-11(7-13)17-18/h9-10,16H,4-6H2,1-3H3. The second-order valence-corrected chi connectivity index (χ2v) is 4.58. The van der Waals surface area contributed by atoms with Crippen LogP contribution in [0.5, 0.6) is 0 Å². The molecule has 0 aromatic carbocycles. The fourth-order valence-corrected chi connectivity index (χ4v) is 1.78. The van der Waals surface area contributed by atoms with Crippen molar-refractivity contribution in [2.45, 2.75) is 45.2 Å². The zero-order chi connectivity index (χ0) is 13.6. The fraction of sp³-hybridized carbons (Fsp3) is 0.667. The molecule has 0 fully saturated rings. The van der Waals surface area contributed by atoms with Gasteiger partial charge in [-0.15, -0.1) is 5.10 Å². The molecule has 1 heterocycles. The van der Waals surface area contributed by atoms with E-state index in [9.17, 15) is 5.26 Å². The summed E-state index contributed by atoms with van der Waals surface area (Å²) in [6.45, 7) is 6.70. The van der Waals surface area contributed by atoms with Gasteiger partial charge in [0.15, 0.2) is 0 Å². The molecule has 0 aliphatic heterocycles. The van der Waals surface area contributed by atoms with Gasteiger partial charge >= 0.3 is 0 Å². The third-order valence-corrected chi connectivity index (χ3v) is 2.78. The maximum Gasteiger partial charge on any atom is 0.252 e. The molecule has 0 radical (unpaired) electrons. The number of aromatic nitrogens is 3. The fourth-order valence-electron chi connectivity index (χ4n) is 1.78. The predicted molar refractivity (Wildman–Crippen MR) is 66.4 cm³/mol. The van der Waals surface area contributed by atoms with Gasteiger partial charge in [0, 0.05) is 6.42 Å². The number of hydrogen-bond donors (Lipinski definition) is 1. The molecule has 1 N–H and O–H groups in total. The van der Waals surface area contributed by atoms with E-state index in [1.165, 1.54) is 6.33 Å². The van der Waals surface area contributed by atoms with Crippen molar-refractivity contribution in [1.29, 1.82) is 10.5 Å². The Kier molecular flexibility index (Phi) is 4.82. The maximum atomic E-state index is 9.25. The van der Waals surface area contributed by atoms with Gasteiger partial charge in [-0.25, -0.2) is 9.67 Å².